The number of anilines is 1. The highest BCUT2D eigenvalue weighted by molar-refractivity contribution is 5.95. The van der Waals surface area contributed by atoms with Crippen LogP contribution in [-0.4, -0.2) is 34.0 Å². The Morgan fingerprint density at radius 1 is 1.19 bits per heavy atom. The lowest BCUT2D eigenvalue weighted by molar-refractivity contribution is -0.386. The molecule has 0 saturated carbocycles. The first-order chi connectivity index (χ1) is 12.9. The Kier molecular flexibility index (Phi) is 4.79. The van der Waals surface area contributed by atoms with Gasteiger partial charge in [-0.1, -0.05) is 0 Å². The van der Waals surface area contributed by atoms with E-state index in [4.69, 9.17) is 9.47 Å². The van der Waals surface area contributed by atoms with Crippen LogP contribution < -0.4 is 20.5 Å². The molecule has 0 aliphatic carbocycles. The zero-order valence-corrected chi connectivity index (χ0v) is 14.4. The molecule has 1 heterocycles. The number of nitro benzene ring substituents is 1. The van der Waals surface area contributed by atoms with E-state index in [1.165, 1.54) is 32.2 Å². The van der Waals surface area contributed by atoms with Gasteiger partial charge in [0.15, 0.2) is 11.9 Å². The van der Waals surface area contributed by atoms with E-state index in [-0.39, 0.29) is 17.1 Å². The summed E-state index contributed by atoms with van der Waals surface area (Å²) in [6.07, 6.45) is -1.00. The van der Waals surface area contributed by atoms with Gasteiger partial charge in [-0.2, -0.15) is 0 Å². The van der Waals surface area contributed by atoms with Gasteiger partial charge in [0.1, 0.15) is 5.75 Å². The number of ether oxygens (including phenoxy) is 2. The molecule has 1 amide bonds. The first-order valence-corrected chi connectivity index (χ1v) is 7.89. The number of aromatic amines is 2. The summed E-state index contributed by atoms with van der Waals surface area (Å²) in [7, 11) is 1.39. The van der Waals surface area contributed by atoms with Crippen molar-refractivity contribution < 1.29 is 19.2 Å². The number of rotatable bonds is 6. The number of nitro groups is 1. The molecule has 0 saturated heterocycles. The highest BCUT2D eigenvalue weighted by Gasteiger charge is 2.22. The number of nitrogens with zero attached hydrogens (tertiary/aromatic N) is 1. The van der Waals surface area contributed by atoms with E-state index in [1.54, 1.807) is 18.2 Å². The monoisotopic (exact) mass is 372 g/mol. The molecule has 0 spiro atoms. The molecule has 10 heteroatoms. The highest BCUT2D eigenvalue weighted by Crippen LogP contribution is 2.31. The summed E-state index contributed by atoms with van der Waals surface area (Å²) in [6.45, 7) is 1.47. The first-order valence-electron chi connectivity index (χ1n) is 7.89. The van der Waals surface area contributed by atoms with Gasteiger partial charge in [0.05, 0.1) is 29.1 Å². The van der Waals surface area contributed by atoms with Crippen molar-refractivity contribution >= 4 is 28.3 Å². The fourth-order valence-corrected chi connectivity index (χ4v) is 2.46. The van der Waals surface area contributed by atoms with Gasteiger partial charge in [-0.25, -0.2) is 4.79 Å². The molecule has 3 rings (SSSR count). The lowest BCUT2D eigenvalue weighted by Gasteiger charge is -2.15. The number of hydrogen-bond acceptors (Lipinski definition) is 6. The number of nitrogens with one attached hydrogen (secondary N) is 3. The third-order valence-electron chi connectivity index (χ3n) is 3.82. The van der Waals surface area contributed by atoms with Crippen molar-refractivity contribution in [2.24, 2.45) is 0 Å². The van der Waals surface area contributed by atoms with Gasteiger partial charge in [0, 0.05) is 5.69 Å². The van der Waals surface area contributed by atoms with E-state index in [0.717, 1.165) is 0 Å². The van der Waals surface area contributed by atoms with Crippen molar-refractivity contribution in [1.29, 1.82) is 0 Å². The third kappa shape index (κ3) is 3.89. The Morgan fingerprint density at radius 2 is 1.93 bits per heavy atom. The van der Waals surface area contributed by atoms with Gasteiger partial charge in [-0.3, -0.25) is 14.9 Å². The Bertz CT molecular complexity index is 1070. The minimum Gasteiger partial charge on any atom is -0.496 e. The smallest absolute Gasteiger partial charge is 0.323 e. The maximum absolute atomic E-state index is 12.4. The number of carbonyl (C=O) groups excluding carboxylic acids is 1. The fourth-order valence-electron chi connectivity index (χ4n) is 2.46. The second-order valence-electron chi connectivity index (χ2n) is 5.68. The molecule has 0 bridgehead atoms. The zero-order valence-electron chi connectivity index (χ0n) is 14.4. The summed E-state index contributed by atoms with van der Waals surface area (Å²) < 4.78 is 10.4. The van der Waals surface area contributed by atoms with E-state index in [0.29, 0.717) is 22.5 Å². The number of imidazole rings is 1. The molecule has 3 aromatic rings. The summed E-state index contributed by atoms with van der Waals surface area (Å²) in [5.74, 6) is -0.244. The maximum Gasteiger partial charge on any atom is 0.323 e. The average molecular weight is 372 g/mol. The van der Waals surface area contributed by atoms with E-state index < -0.39 is 16.9 Å². The van der Waals surface area contributed by atoms with E-state index in [1.807, 2.05) is 0 Å². The topological polar surface area (TPSA) is 139 Å². The lowest BCUT2D eigenvalue weighted by Crippen LogP contribution is -2.30. The van der Waals surface area contributed by atoms with Crippen LogP contribution in [0.4, 0.5) is 11.4 Å². The Morgan fingerprint density at radius 3 is 2.63 bits per heavy atom. The van der Waals surface area contributed by atoms with Gasteiger partial charge in [0.2, 0.25) is 0 Å². The highest BCUT2D eigenvalue weighted by atomic mass is 16.6. The van der Waals surface area contributed by atoms with Crippen LogP contribution in [0.3, 0.4) is 0 Å². The van der Waals surface area contributed by atoms with Gasteiger partial charge in [0.25, 0.3) is 5.91 Å². The average Bonchev–Trinajstić information content (AvgIpc) is 3.01. The van der Waals surface area contributed by atoms with E-state index >= 15 is 0 Å². The number of fused-ring (bicyclic) bond motifs is 1. The van der Waals surface area contributed by atoms with Gasteiger partial charge < -0.3 is 24.8 Å². The van der Waals surface area contributed by atoms with Gasteiger partial charge in [-0.05, 0) is 37.3 Å². The van der Waals surface area contributed by atoms with Crippen molar-refractivity contribution in [3.05, 3.63) is 57.0 Å². The molecule has 0 fully saturated rings. The molecular formula is C17H16N4O6. The van der Waals surface area contributed by atoms with Crippen LogP contribution in [0.5, 0.6) is 11.5 Å². The number of methoxy groups -OCH3 is 1. The number of amides is 1. The molecule has 0 aliphatic rings. The minimum atomic E-state index is -1.00. The largest absolute Gasteiger partial charge is 0.496 e. The van der Waals surface area contributed by atoms with Crippen molar-refractivity contribution in [2.75, 3.05) is 12.4 Å². The molecule has 0 unspecified atom stereocenters. The van der Waals surface area contributed by atoms with Crippen molar-refractivity contribution in [3.63, 3.8) is 0 Å². The van der Waals surface area contributed by atoms with Crippen molar-refractivity contribution in [3.8, 4) is 11.5 Å². The summed E-state index contributed by atoms with van der Waals surface area (Å²) in [5, 5.41) is 13.8. The van der Waals surface area contributed by atoms with E-state index in [9.17, 15) is 19.7 Å². The molecule has 140 valence electrons. The number of H-pyrrole nitrogens is 2. The summed E-state index contributed by atoms with van der Waals surface area (Å²) >= 11 is 0. The van der Waals surface area contributed by atoms with Crippen LogP contribution >= 0.6 is 0 Å². The number of carbonyl (C=O) groups is 1. The van der Waals surface area contributed by atoms with Crippen LogP contribution in [0.25, 0.3) is 11.0 Å². The molecular weight excluding hydrogens is 356 g/mol. The molecule has 1 aromatic heterocycles. The van der Waals surface area contributed by atoms with Gasteiger partial charge in [-0.15, -0.1) is 0 Å². The lowest BCUT2D eigenvalue weighted by atomic mass is 10.2. The van der Waals surface area contributed by atoms with Crippen LogP contribution in [0.15, 0.2) is 41.2 Å². The van der Waals surface area contributed by atoms with Gasteiger partial charge >= 0.3 is 11.4 Å². The number of aromatic nitrogens is 2. The molecule has 1 atom stereocenters. The fraction of sp³-hybridized carbons (Fsp3) is 0.176. The van der Waals surface area contributed by atoms with Crippen LogP contribution in [0.2, 0.25) is 0 Å². The number of hydrogen-bond donors (Lipinski definition) is 3. The molecule has 2 aromatic carbocycles. The number of benzene rings is 2. The summed E-state index contributed by atoms with van der Waals surface area (Å²) in [4.78, 5) is 39.4. The summed E-state index contributed by atoms with van der Waals surface area (Å²) in [5.41, 5.74) is 0.938. The molecule has 10 nitrogen and oxygen atoms in total. The van der Waals surface area contributed by atoms with Crippen LogP contribution in [-0.2, 0) is 4.79 Å². The predicted octanol–water partition coefficient (Wildman–Crippen LogP) is 2.18. The quantitative estimate of drug-likeness (QED) is 0.448. The van der Waals surface area contributed by atoms with E-state index in [2.05, 4.69) is 15.3 Å². The Labute approximate surface area is 152 Å². The van der Waals surface area contributed by atoms with Crippen molar-refractivity contribution in [2.45, 2.75) is 13.0 Å². The summed E-state index contributed by atoms with van der Waals surface area (Å²) in [6, 6.07) is 8.94. The molecule has 0 aliphatic heterocycles. The van der Waals surface area contributed by atoms with Crippen LogP contribution in [0.1, 0.15) is 6.92 Å². The predicted molar refractivity (Wildman–Crippen MR) is 97.3 cm³/mol. The van der Waals surface area contributed by atoms with Crippen molar-refractivity contribution in [1.82, 2.24) is 9.97 Å². The second-order valence-corrected chi connectivity index (χ2v) is 5.68. The maximum atomic E-state index is 12.4. The first kappa shape index (κ1) is 18.0. The third-order valence-corrected chi connectivity index (χ3v) is 3.82. The Balaban J connectivity index is 1.75. The second kappa shape index (κ2) is 7.20. The molecule has 0 radical (unpaired) electrons. The standard InChI is InChI=1S/C17H16N4O6/c1-9(27-15-6-4-11(26-2)8-14(15)21(24)25)16(22)18-10-3-5-12-13(7-10)20-17(23)19-12/h3-9H,1-2H3,(H,18,22)(H2,19,20,23)/t9-/m1/s1. The minimum absolute atomic E-state index is 0.0473. The zero-order chi connectivity index (χ0) is 19.6. The molecule has 27 heavy (non-hydrogen) atoms. The molecule has 3 N–H and O–H groups in total. The van der Waals surface area contributed by atoms with Crippen LogP contribution in [0, 0.1) is 10.1 Å². The normalized spacial score (nSPS) is 11.8. The SMILES string of the molecule is COc1ccc(O[C@H](C)C(=O)Nc2ccc3[nH]c(=O)[nH]c3c2)c([N+](=O)[O-])c1. The Hall–Kier alpha value is -3.82.